The Morgan fingerprint density at radius 2 is 2.00 bits per heavy atom. The molecule has 7 heteroatoms. The van der Waals surface area contributed by atoms with Crippen LogP contribution in [0.3, 0.4) is 0 Å². The molecule has 1 aliphatic rings. The number of benzene rings is 2. The lowest BCUT2D eigenvalue weighted by Crippen LogP contribution is -2.31. The van der Waals surface area contributed by atoms with E-state index in [2.05, 4.69) is 21.2 Å². The van der Waals surface area contributed by atoms with Crippen molar-refractivity contribution in [3.05, 3.63) is 69.0 Å². The van der Waals surface area contributed by atoms with E-state index in [4.69, 9.17) is 12.2 Å². The summed E-state index contributed by atoms with van der Waals surface area (Å²) < 4.78 is 1.37. The first kappa shape index (κ1) is 19.8. The molecule has 0 spiro atoms. The molecule has 0 aliphatic carbocycles. The van der Waals surface area contributed by atoms with Gasteiger partial charge in [-0.15, -0.1) is 0 Å². The minimum Gasteiger partial charge on any atom is -0.326 e. The number of nitrogens with one attached hydrogen (secondary N) is 1. The van der Waals surface area contributed by atoms with Gasteiger partial charge in [-0.05, 0) is 36.8 Å². The summed E-state index contributed by atoms with van der Waals surface area (Å²) in [4.78, 5) is 26.8. The summed E-state index contributed by atoms with van der Waals surface area (Å²) in [5, 5.41) is 2.82. The van der Waals surface area contributed by atoms with Gasteiger partial charge in [-0.3, -0.25) is 14.5 Å². The Bertz CT molecular complexity index is 926. The Kier molecular flexibility index (Phi) is 6.46. The van der Waals surface area contributed by atoms with E-state index in [9.17, 15) is 9.59 Å². The average Bonchev–Trinajstić information content (AvgIpc) is 2.88. The van der Waals surface area contributed by atoms with Crippen molar-refractivity contribution < 1.29 is 9.59 Å². The van der Waals surface area contributed by atoms with Gasteiger partial charge in [-0.1, -0.05) is 75.8 Å². The fourth-order valence-corrected chi connectivity index (χ4v) is 4.22. The number of aryl methyl sites for hydroxylation is 1. The molecule has 0 aromatic heterocycles. The van der Waals surface area contributed by atoms with Crippen LogP contribution in [0.1, 0.15) is 17.5 Å². The summed E-state index contributed by atoms with van der Waals surface area (Å²) in [6.07, 6.45) is 2.01. The Labute approximate surface area is 176 Å². The largest absolute Gasteiger partial charge is 0.326 e. The molecule has 0 bridgehead atoms. The number of thioether (sulfide) groups is 1. The highest BCUT2D eigenvalue weighted by Gasteiger charge is 2.32. The highest BCUT2D eigenvalue weighted by atomic mass is 79.9. The summed E-state index contributed by atoms with van der Waals surface area (Å²) in [6, 6.07) is 15.3. The van der Waals surface area contributed by atoms with Crippen LogP contribution in [0.15, 0.2) is 57.9 Å². The lowest BCUT2D eigenvalue weighted by atomic mass is 10.1. The number of carbonyl (C=O) groups is 2. The normalized spacial score (nSPS) is 15.5. The van der Waals surface area contributed by atoms with Crippen LogP contribution in [0.25, 0.3) is 6.08 Å². The van der Waals surface area contributed by atoms with Gasteiger partial charge in [0.25, 0.3) is 5.91 Å². The maximum Gasteiger partial charge on any atom is 0.266 e. The molecular formula is C20H17BrN2O2S2. The molecule has 1 N–H and O–H groups in total. The number of anilines is 1. The molecule has 1 heterocycles. The number of rotatable bonds is 5. The highest BCUT2D eigenvalue weighted by molar-refractivity contribution is 9.10. The van der Waals surface area contributed by atoms with Gasteiger partial charge in [0.1, 0.15) is 4.32 Å². The van der Waals surface area contributed by atoms with Crippen LogP contribution in [0.2, 0.25) is 0 Å². The molecule has 1 fully saturated rings. The molecule has 0 atom stereocenters. The van der Waals surface area contributed by atoms with E-state index in [0.29, 0.717) is 14.9 Å². The minimum atomic E-state index is -0.162. The summed E-state index contributed by atoms with van der Waals surface area (Å²) in [5.74, 6) is -0.314. The standard InChI is InChI=1S/C20H17BrN2O2S2/c1-13-5-7-14(8-6-13)11-17-19(25)23(20(26)27-17)10-9-18(24)22-16-4-2-3-15(21)12-16/h2-8,11-12H,9-10H2,1H3,(H,22,24)/b17-11-. The first-order valence-corrected chi connectivity index (χ1v) is 10.3. The number of halogens is 1. The summed E-state index contributed by atoms with van der Waals surface area (Å²) >= 11 is 9.96. The summed E-state index contributed by atoms with van der Waals surface area (Å²) in [5.41, 5.74) is 2.82. The zero-order valence-electron chi connectivity index (χ0n) is 14.6. The maximum absolute atomic E-state index is 12.6. The smallest absolute Gasteiger partial charge is 0.266 e. The van der Waals surface area contributed by atoms with Crippen LogP contribution in [0.5, 0.6) is 0 Å². The topological polar surface area (TPSA) is 49.4 Å². The number of hydrogen-bond donors (Lipinski definition) is 1. The Morgan fingerprint density at radius 1 is 1.26 bits per heavy atom. The SMILES string of the molecule is Cc1ccc(/C=C2\SC(=S)N(CCC(=O)Nc3cccc(Br)c3)C2=O)cc1. The third-order valence-corrected chi connectivity index (χ3v) is 5.79. The zero-order chi connectivity index (χ0) is 19.4. The van der Waals surface area contributed by atoms with E-state index in [-0.39, 0.29) is 24.8 Å². The fourth-order valence-electron chi connectivity index (χ4n) is 2.51. The van der Waals surface area contributed by atoms with Crippen LogP contribution in [0, 0.1) is 6.92 Å². The quantitative estimate of drug-likeness (QED) is 0.504. The van der Waals surface area contributed by atoms with E-state index < -0.39 is 0 Å². The predicted octanol–water partition coefficient (Wildman–Crippen LogP) is 4.99. The lowest BCUT2D eigenvalue weighted by Gasteiger charge is -2.14. The number of amides is 2. The second kappa shape index (κ2) is 8.82. The minimum absolute atomic E-state index is 0.152. The van der Waals surface area contributed by atoms with Crippen LogP contribution in [-0.2, 0) is 9.59 Å². The highest BCUT2D eigenvalue weighted by Crippen LogP contribution is 2.32. The third kappa shape index (κ3) is 5.28. The van der Waals surface area contributed by atoms with Crippen LogP contribution in [-0.4, -0.2) is 27.6 Å². The molecule has 4 nitrogen and oxygen atoms in total. The molecule has 0 saturated carbocycles. The van der Waals surface area contributed by atoms with Gasteiger partial charge < -0.3 is 5.32 Å². The first-order chi connectivity index (χ1) is 12.9. The zero-order valence-corrected chi connectivity index (χ0v) is 17.8. The predicted molar refractivity (Wildman–Crippen MR) is 118 cm³/mol. The van der Waals surface area contributed by atoms with Crippen molar-refractivity contribution in [1.82, 2.24) is 4.90 Å². The van der Waals surface area contributed by atoms with Gasteiger partial charge in [0, 0.05) is 23.1 Å². The van der Waals surface area contributed by atoms with Crippen molar-refractivity contribution in [3.8, 4) is 0 Å². The summed E-state index contributed by atoms with van der Waals surface area (Å²) in [7, 11) is 0. The Morgan fingerprint density at radius 3 is 2.70 bits per heavy atom. The molecule has 1 aliphatic heterocycles. The van der Waals surface area contributed by atoms with Gasteiger partial charge in [-0.2, -0.15) is 0 Å². The van der Waals surface area contributed by atoms with Crippen LogP contribution < -0.4 is 5.32 Å². The van der Waals surface area contributed by atoms with Crippen molar-refractivity contribution >= 4 is 67.8 Å². The maximum atomic E-state index is 12.6. The molecule has 2 aromatic rings. The monoisotopic (exact) mass is 460 g/mol. The molecule has 1 saturated heterocycles. The van der Waals surface area contributed by atoms with Crippen LogP contribution >= 0.6 is 39.9 Å². The molecule has 0 radical (unpaired) electrons. The first-order valence-electron chi connectivity index (χ1n) is 8.30. The second-order valence-corrected chi connectivity index (χ2v) is 8.64. The van der Waals surface area contributed by atoms with Gasteiger partial charge in [0.05, 0.1) is 4.91 Å². The molecule has 27 heavy (non-hydrogen) atoms. The molecular weight excluding hydrogens is 444 g/mol. The molecule has 0 unspecified atom stereocenters. The van der Waals surface area contributed by atoms with Gasteiger partial charge >= 0.3 is 0 Å². The number of carbonyl (C=O) groups excluding carboxylic acids is 2. The van der Waals surface area contributed by atoms with Gasteiger partial charge in [0.15, 0.2) is 0 Å². The van der Waals surface area contributed by atoms with E-state index >= 15 is 0 Å². The number of thiocarbonyl (C=S) groups is 1. The number of nitrogens with zero attached hydrogens (tertiary/aromatic N) is 1. The molecule has 2 amide bonds. The summed E-state index contributed by atoms with van der Waals surface area (Å²) in [6.45, 7) is 2.28. The lowest BCUT2D eigenvalue weighted by molar-refractivity contribution is -0.122. The Balaban J connectivity index is 1.60. The number of hydrogen-bond acceptors (Lipinski definition) is 4. The molecule has 2 aromatic carbocycles. The van der Waals surface area contributed by atoms with Gasteiger partial charge in [-0.25, -0.2) is 0 Å². The van der Waals surface area contributed by atoms with Crippen molar-refractivity contribution in [2.24, 2.45) is 0 Å². The average molecular weight is 461 g/mol. The molecule has 138 valence electrons. The van der Waals surface area contributed by atoms with E-state index in [1.807, 2.05) is 61.5 Å². The van der Waals surface area contributed by atoms with Crippen LogP contribution in [0.4, 0.5) is 5.69 Å². The third-order valence-electron chi connectivity index (χ3n) is 3.92. The van der Waals surface area contributed by atoms with Crippen molar-refractivity contribution in [2.75, 3.05) is 11.9 Å². The van der Waals surface area contributed by atoms with Crippen molar-refractivity contribution in [3.63, 3.8) is 0 Å². The van der Waals surface area contributed by atoms with E-state index in [0.717, 1.165) is 15.6 Å². The van der Waals surface area contributed by atoms with Gasteiger partial charge in [0.2, 0.25) is 5.91 Å². The Hall–Kier alpha value is -1.96. The van der Waals surface area contributed by atoms with E-state index in [1.54, 1.807) is 0 Å². The molecule has 3 rings (SSSR count). The van der Waals surface area contributed by atoms with E-state index in [1.165, 1.54) is 16.7 Å². The fraction of sp³-hybridized carbons (Fsp3) is 0.150. The van der Waals surface area contributed by atoms with Crippen molar-refractivity contribution in [2.45, 2.75) is 13.3 Å². The van der Waals surface area contributed by atoms with Crippen molar-refractivity contribution in [1.29, 1.82) is 0 Å². The second-order valence-electron chi connectivity index (χ2n) is 6.05.